The number of pyridine rings is 1. The number of rotatable bonds is 8. The smallest absolute Gasteiger partial charge is 0.309 e. The topological polar surface area (TPSA) is 70.4 Å². The van der Waals surface area contributed by atoms with Crippen molar-refractivity contribution in [1.82, 2.24) is 4.98 Å². The number of carboxylic acid groups (broad SMARTS) is 1. The van der Waals surface area contributed by atoms with E-state index in [9.17, 15) is 15.0 Å². The van der Waals surface area contributed by atoms with E-state index in [1.165, 1.54) is 0 Å². The number of unbranched alkanes of at least 4 members (excludes halogenated alkanes) is 1. The summed E-state index contributed by atoms with van der Waals surface area (Å²) < 4.78 is 0. The summed E-state index contributed by atoms with van der Waals surface area (Å²) in [5, 5.41) is 19.3. The van der Waals surface area contributed by atoms with E-state index in [-0.39, 0.29) is 0 Å². The van der Waals surface area contributed by atoms with Crippen LogP contribution in [0.1, 0.15) is 44.2 Å². The molecular formula is C21H25NO3. The lowest BCUT2D eigenvalue weighted by atomic mass is 9.86. The molecule has 0 bridgehead atoms. The van der Waals surface area contributed by atoms with E-state index in [2.05, 4.69) is 23.2 Å². The second-order valence-corrected chi connectivity index (χ2v) is 6.70. The van der Waals surface area contributed by atoms with Crippen LogP contribution in [0.5, 0.6) is 0 Å². The van der Waals surface area contributed by atoms with Crippen molar-refractivity contribution in [1.29, 1.82) is 0 Å². The van der Waals surface area contributed by atoms with Gasteiger partial charge in [-0.3, -0.25) is 9.78 Å². The molecule has 0 fully saturated rings. The molecule has 1 atom stereocenters. The van der Waals surface area contributed by atoms with Gasteiger partial charge in [0.2, 0.25) is 0 Å². The zero-order chi connectivity index (χ0) is 18.3. The molecule has 2 rings (SSSR count). The molecule has 4 heteroatoms. The number of nitrogens with zero attached hydrogens (tertiary/aromatic N) is 1. The van der Waals surface area contributed by atoms with Gasteiger partial charge in [0.15, 0.2) is 0 Å². The van der Waals surface area contributed by atoms with Crippen molar-refractivity contribution in [3.63, 3.8) is 0 Å². The summed E-state index contributed by atoms with van der Waals surface area (Å²) in [5.74, 6) is -1.72. The molecule has 1 unspecified atom stereocenters. The highest BCUT2D eigenvalue weighted by molar-refractivity contribution is 5.79. The van der Waals surface area contributed by atoms with E-state index < -0.39 is 17.5 Å². The molecule has 1 heterocycles. The standard InChI is InChI=1S/C21H25NO3/c1-21(2,25)19(20(23)24)13-7-6-12-18(16-9-4-3-5-10-16)17-11-8-14-22-15-17/h3-5,8-12,14-15,19,25H,6-7,13H2,1-2H3,(H,23,24). The predicted octanol–water partition coefficient (Wildman–Crippen LogP) is 4.16. The number of allylic oxidation sites excluding steroid dienone is 1. The first-order valence-corrected chi connectivity index (χ1v) is 8.50. The molecule has 0 radical (unpaired) electrons. The predicted molar refractivity (Wildman–Crippen MR) is 99.0 cm³/mol. The molecule has 0 aliphatic heterocycles. The average molecular weight is 339 g/mol. The Balaban J connectivity index is 2.13. The lowest BCUT2D eigenvalue weighted by Crippen LogP contribution is -2.36. The second-order valence-electron chi connectivity index (χ2n) is 6.70. The lowest BCUT2D eigenvalue weighted by Gasteiger charge is -2.25. The fraction of sp³-hybridized carbons (Fsp3) is 0.333. The van der Waals surface area contributed by atoms with Crippen LogP contribution < -0.4 is 0 Å². The summed E-state index contributed by atoms with van der Waals surface area (Å²) in [6, 6.07) is 14.0. The first kappa shape index (κ1) is 18.9. The third-order valence-corrected chi connectivity index (χ3v) is 4.25. The molecule has 0 saturated carbocycles. The van der Waals surface area contributed by atoms with Gasteiger partial charge in [0.1, 0.15) is 0 Å². The summed E-state index contributed by atoms with van der Waals surface area (Å²) in [4.78, 5) is 15.5. The van der Waals surface area contributed by atoms with Crippen LogP contribution in [0.25, 0.3) is 5.57 Å². The van der Waals surface area contributed by atoms with E-state index >= 15 is 0 Å². The Kier molecular flexibility index (Phi) is 6.48. The maximum atomic E-state index is 11.3. The van der Waals surface area contributed by atoms with Gasteiger partial charge in [-0.25, -0.2) is 0 Å². The largest absolute Gasteiger partial charge is 0.481 e. The van der Waals surface area contributed by atoms with Crippen molar-refractivity contribution in [2.24, 2.45) is 5.92 Å². The van der Waals surface area contributed by atoms with E-state index in [1.807, 2.05) is 36.5 Å². The van der Waals surface area contributed by atoms with Gasteiger partial charge in [0.05, 0.1) is 11.5 Å². The average Bonchev–Trinajstić information content (AvgIpc) is 2.58. The first-order chi connectivity index (χ1) is 11.9. The normalized spacial score (nSPS) is 13.5. The highest BCUT2D eigenvalue weighted by atomic mass is 16.4. The summed E-state index contributed by atoms with van der Waals surface area (Å²) >= 11 is 0. The minimum absolute atomic E-state index is 0.435. The fourth-order valence-electron chi connectivity index (χ4n) is 2.89. The van der Waals surface area contributed by atoms with Crippen LogP contribution in [0.3, 0.4) is 0 Å². The van der Waals surface area contributed by atoms with Gasteiger partial charge in [-0.15, -0.1) is 0 Å². The summed E-state index contributed by atoms with van der Waals surface area (Å²) in [5.41, 5.74) is 2.00. The minimum Gasteiger partial charge on any atom is -0.481 e. The Morgan fingerprint density at radius 2 is 1.84 bits per heavy atom. The highest BCUT2D eigenvalue weighted by Crippen LogP contribution is 2.26. The molecule has 0 aliphatic rings. The van der Waals surface area contributed by atoms with Gasteiger partial charge in [-0.2, -0.15) is 0 Å². The highest BCUT2D eigenvalue weighted by Gasteiger charge is 2.32. The molecule has 0 saturated heterocycles. The molecule has 2 N–H and O–H groups in total. The van der Waals surface area contributed by atoms with Gasteiger partial charge in [-0.05, 0) is 50.3 Å². The monoisotopic (exact) mass is 339 g/mol. The Morgan fingerprint density at radius 3 is 2.40 bits per heavy atom. The summed E-state index contributed by atoms with van der Waals surface area (Å²) in [6.45, 7) is 3.10. The lowest BCUT2D eigenvalue weighted by molar-refractivity contribution is -0.150. The fourth-order valence-corrected chi connectivity index (χ4v) is 2.89. The third-order valence-electron chi connectivity index (χ3n) is 4.25. The third kappa shape index (κ3) is 5.54. The Bertz CT molecular complexity index is 661. The number of hydrogen-bond donors (Lipinski definition) is 2. The maximum Gasteiger partial charge on any atom is 0.309 e. The molecule has 2 aromatic rings. The van der Waals surface area contributed by atoms with Crippen LogP contribution in [0.4, 0.5) is 0 Å². The Hall–Kier alpha value is -2.46. The van der Waals surface area contributed by atoms with Gasteiger partial charge in [0.25, 0.3) is 0 Å². The van der Waals surface area contributed by atoms with Crippen molar-refractivity contribution in [2.75, 3.05) is 0 Å². The van der Waals surface area contributed by atoms with E-state index in [0.29, 0.717) is 12.8 Å². The Morgan fingerprint density at radius 1 is 1.16 bits per heavy atom. The molecule has 0 amide bonds. The molecule has 1 aromatic carbocycles. The number of aromatic nitrogens is 1. The zero-order valence-corrected chi connectivity index (χ0v) is 14.7. The van der Waals surface area contributed by atoms with Crippen molar-refractivity contribution in [3.05, 3.63) is 72.1 Å². The molecule has 132 valence electrons. The van der Waals surface area contributed by atoms with Crippen LogP contribution in [-0.4, -0.2) is 26.8 Å². The molecular weight excluding hydrogens is 314 g/mol. The molecule has 1 aromatic heterocycles. The van der Waals surface area contributed by atoms with Crippen LogP contribution in [0, 0.1) is 5.92 Å². The van der Waals surface area contributed by atoms with Crippen molar-refractivity contribution < 1.29 is 15.0 Å². The minimum atomic E-state index is -1.22. The second kappa shape index (κ2) is 8.58. The van der Waals surface area contributed by atoms with Crippen LogP contribution in [0.15, 0.2) is 60.9 Å². The number of aliphatic hydroxyl groups is 1. The molecule has 0 spiro atoms. The molecule has 0 aliphatic carbocycles. The number of hydrogen-bond acceptors (Lipinski definition) is 3. The quantitative estimate of drug-likeness (QED) is 0.709. The van der Waals surface area contributed by atoms with Gasteiger partial charge in [-0.1, -0.05) is 42.5 Å². The van der Waals surface area contributed by atoms with Gasteiger partial charge >= 0.3 is 5.97 Å². The van der Waals surface area contributed by atoms with Crippen LogP contribution in [0.2, 0.25) is 0 Å². The SMILES string of the molecule is CC(C)(O)C(CCCC=C(c1ccccc1)c1cccnc1)C(=O)O. The van der Waals surface area contributed by atoms with Crippen LogP contribution >= 0.6 is 0 Å². The van der Waals surface area contributed by atoms with Crippen molar-refractivity contribution in [2.45, 2.75) is 38.7 Å². The number of carboxylic acids is 1. The zero-order valence-electron chi connectivity index (χ0n) is 14.7. The van der Waals surface area contributed by atoms with Crippen molar-refractivity contribution >= 4 is 11.5 Å². The summed E-state index contributed by atoms with van der Waals surface area (Å²) in [7, 11) is 0. The molecule has 4 nitrogen and oxygen atoms in total. The van der Waals surface area contributed by atoms with Crippen molar-refractivity contribution in [3.8, 4) is 0 Å². The Labute approximate surface area is 148 Å². The van der Waals surface area contributed by atoms with E-state index in [1.54, 1.807) is 20.0 Å². The maximum absolute atomic E-state index is 11.3. The van der Waals surface area contributed by atoms with Gasteiger partial charge in [0, 0.05) is 18.0 Å². The number of aliphatic carboxylic acids is 1. The van der Waals surface area contributed by atoms with Gasteiger partial charge < -0.3 is 10.2 Å². The first-order valence-electron chi connectivity index (χ1n) is 8.50. The van der Waals surface area contributed by atoms with E-state index in [0.717, 1.165) is 23.1 Å². The number of benzene rings is 1. The number of carbonyl (C=O) groups is 1. The summed E-state index contributed by atoms with van der Waals surface area (Å²) in [6.07, 6.45) is 7.55. The van der Waals surface area contributed by atoms with E-state index in [4.69, 9.17) is 0 Å². The molecule has 25 heavy (non-hydrogen) atoms. The van der Waals surface area contributed by atoms with Crippen LogP contribution in [-0.2, 0) is 4.79 Å².